The molecule has 2 aromatic rings. The van der Waals surface area contributed by atoms with Gasteiger partial charge >= 0.3 is 12.1 Å². The number of rotatable bonds is 5. The lowest BCUT2D eigenvalue weighted by molar-refractivity contribution is -0.138. The second-order valence-corrected chi connectivity index (χ2v) is 9.20. The highest BCUT2D eigenvalue weighted by Gasteiger charge is 2.30. The van der Waals surface area contributed by atoms with Crippen molar-refractivity contribution in [1.29, 1.82) is 0 Å². The Balaban J connectivity index is 2.04. The van der Waals surface area contributed by atoms with E-state index in [2.05, 4.69) is 23.7 Å². The van der Waals surface area contributed by atoms with E-state index in [1.54, 1.807) is 6.08 Å². The van der Waals surface area contributed by atoms with Gasteiger partial charge in [-0.15, -0.1) is 0 Å². The van der Waals surface area contributed by atoms with Crippen LogP contribution in [0.2, 0.25) is 0 Å². The Hall–Kier alpha value is -2.83. The van der Waals surface area contributed by atoms with E-state index in [-0.39, 0.29) is 11.8 Å². The molecule has 0 atom stereocenters. The summed E-state index contributed by atoms with van der Waals surface area (Å²) in [7, 11) is 0. The molecule has 1 aromatic heterocycles. The Morgan fingerprint density at radius 1 is 1.09 bits per heavy atom. The van der Waals surface area contributed by atoms with E-state index in [1.165, 1.54) is 12.1 Å². The number of alkyl halides is 3. The minimum absolute atomic E-state index is 0.130. The highest BCUT2D eigenvalue weighted by atomic mass is 19.4. The minimum Gasteiger partial charge on any atom is -0.481 e. The molecule has 2 heterocycles. The summed E-state index contributed by atoms with van der Waals surface area (Å²) in [4.78, 5) is 18.4. The minimum atomic E-state index is -4.37. The maximum atomic E-state index is 12.8. The average molecular weight is 447 g/mol. The van der Waals surface area contributed by atoms with Crippen molar-refractivity contribution >= 4 is 23.8 Å². The average Bonchev–Trinajstić information content (AvgIpc) is 2.69. The van der Waals surface area contributed by atoms with E-state index in [1.807, 2.05) is 19.9 Å². The summed E-state index contributed by atoms with van der Waals surface area (Å²) < 4.78 is 38.5. The van der Waals surface area contributed by atoms with Crippen LogP contribution >= 0.6 is 0 Å². The molecule has 0 bridgehead atoms. The molecule has 0 saturated carbocycles. The number of aryl methyl sites for hydroxylation is 2. The number of piperidine rings is 1. The van der Waals surface area contributed by atoms with Crippen LogP contribution in [0, 0.1) is 19.3 Å². The van der Waals surface area contributed by atoms with Crippen LogP contribution in [-0.2, 0) is 17.4 Å². The number of halogens is 3. The third-order valence-electron chi connectivity index (χ3n) is 6.14. The van der Waals surface area contributed by atoms with Gasteiger partial charge in [0.25, 0.3) is 0 Å². The Labute approximate surface area is 186 Å². The van der Waals surface area contributed by atoms with Crippen molar-refractivity contribution < 1.29 is 23.1 Å². The molecular formula is C25H29F3N2O2. The van der Waals surface area contributed by atoms with Gasteiger partial charge in [0.15, 0.2) is 0 Å². The zero-order valence-corrected chi connectivity index (χ0v) is 18.9. The van der Waals surface area contributed by atoms with Crippen LogP contribution in [0.3, 0.4) is 0 Å². The van der Waals surface area contributed by atoms with Crippen molar-refractivity contribution in [2.45, 2.75) is 53.1 Å². The van der Waals surface area contributed by atoms with E-state index in [9.17, 15) is 23.1 Å². The van der Waals surface area contributed by atoms with Crippen LogP contribution in [0.4, 0.5) is 18.9 Å². The second-order valence-electron chi connectivity index (χ2n) is 9.20. The molecule has 172 valence electrons. The van der Waals surface area contributed by atoms with Crippen LogP contribution in [-0.4, -0.2) is 29.1 Å². The Bertz CT molecular complexity index is 1010. The lowest BCUT2D eigenvalue weighted by Crippen LogP contribution is -2.38. The van der Waals surface area contributed by atoms with E-state index in [0.29, 0.717) is 16.8 Å². The number of hydrogen-bond acceptors (Lipinski definition) is 3. The number of anilines is 1. The monoisotopic (exact) mass is 446 g/mol. The number of pyridine rings is 1. The lowest BCUT2D eigenvalue weighted by atomic mass is 9.82. The quantitative estimate of drug-likeness (QED) is 0.599. The van der Waals surface area contributed by atoms with Crippen molar-refractivity contribution in [2.75, 3.05) is 18.0 Å². The van der Waals surface area contributed by atoms with E-state index >= 15 is 0 Å². The molecule has 7 heteroatoms. The number of carboxylic acids is 1. The summed E-state index contributed by atoms with van der Waals surface area (Å²) in [5, 5.41) is 9.50. The Morgan fingerprint density at radius 3 is 2.22 bits per heavy atom. The summed E-state index contributed by atoms with van der Waals surface area (Å²) in [6.45, 7) is 9.79. The molecule has 1 saturated heterocycles. The fourth-order valence-electron chi connectivity index (χ4n) is 4.11. The zero-order valence-electron chi connectivity index (χ0n) is 18.9. The summed E-state index contributed by atoms with van der Waals surface area (Å²) in [6.07, 6.45) is 1.06. The van der Waals surface area contributed by atoms with Crippen LogP contribution < -0.4 is 4.90 Å². The number of hydrogen-bond donors (Lipinski definition) is 1. The summed E-state index contributed by atoms with van der Waals surface area (Å²) in [5.74, 6) is -0.921. The maximum Gasteiger partial charge on any atom is 0.416 e. The molecule has 0 unspecified atom stereocenters. The van der Waals surface area contributed by atoms with Gasteiger partial charge in [0.05, 0.1) is 17.7 Å². The van der Waals surface area contributed by atoms with Crippen LogP contribution in [0.25, 0.3) is 12.2 Å². The van der Waals surface area contributed by atoms with Gasteiger partial charge in [-0.25, -0.2) is 0 Å². The number of nitrogens with zero attached hydrogens (tertiary/aromatic N) is 2. The molecule has 1 fully saturated rings. The molecule has 1 aromatic carbocycles. The van der Waals surface area contributed by atoms with Crippen LogP contribution in [0.1, 0.15) is 60.3 Å². The first-order valence-corrected chi connectivity index (χ1v) is 10.7. The number of benzene rings is 1. The summed E-state index contributed by atoms with van der Waals surface area (Å²) in [5.41, 5.74) is 4.00. The largest absolute Gasteiger partial charge is 0.481 e. The number of carboxylic acid groups (broad SMARTS) is 1. The first kappa shape index (κ1) is 23.8. The summed E-state index contributed by atoms with van der Waals surface area (Å²) in [6, 6.07) is 4.97. The topological polar surface area (TPSA) is 53.4 Å². The van der Waals surface area contributed by atoms with Gasteiger partial charge in [0.1, 0.15) is 0 Å². The maximum absolute atomic E-state index is 12.8. The van der Waals surface area contributed by atoms with Gasteiger partial charge < -0.3 is 10.0 Å². The molecule has 4 nitrogen and oxygen atoms in total. The normalized spacial score (nSPS) is 16.5. The molecule has 0 spiro atoms. The number of aromatic nitrogens is 1. The van der Waals surface area contributed by atoms with E-state index in [0.717, 1.165) is 55.0 Å². The molecular weight excluding hydrogens is 417 g/mol. The van der Waals surface area contributed by atoms with Crippen molar-refractivity contribution in [3.8, 4) is 0 Å². The van der Waals surface area contributed by atoms with E-state index < -0.39 is 17.7 Å². The SMILES string of the molecule is Cc1nc(C)c(CC(=O)O)c(N2CCC(C)(C)CC2)c1/C=C/c1ccc(C(F)(F)F)cc1. The predicted molar refractivity (Wildman–Crippen MR) is 121 cm³/mol. The molecule has 1 aliphatic heterocycles. The highest BCUT2D eigenvalue weighted by Crippen LogP contribution is 2.38. The van der Waals surface area contributed by atoms with Gasteiger partial charge in [-0.05, 0) is 49.8 Å². The van der Waals surface area contributed by atoms with Crippen molar-refractivity contribution in [3.63, 3.8) is 0 Å². The molecule has 1 N–H and O–H groups in total. The first-order valence-electron chi connectivity index (χ1n) is 10.7. The molecule has 0 radical (unpaired) electrons. The van der Waals surface area contributed by atoms with Gasteiger partial charge in [0, 0.05) is 35.6 Å². The molecule has 3 rings (SSSR count). The van der Waals surface area contributed by atoms with Crippen molar-refractivity contribution in [1.82, 2.24) is 4.98 Å². The number of carbonyl (C=O) groups is 1. The fraction of sp³-hybridized carbons (Fsp3) is 0.440. The first-order chi connectivity index (χ1) is 14.9. The standard InChI is InChI=1S/C25H29F3N2O2/c1-16-20(10-7-18-5-8-19(9-6-18)25(26,27)28)23(21(15-22(31)32)17(2)29-16)30-13-11-24(3,4)12-14-30/h5-10H,11-15H2,1-4H3,(H,31,32)/b10-7+. The van der Waals surface area contributed by atoms with Crippen molar-refractivity contribution in [2.24, 2.45) is 5.41 Å². The Kier molecular flexibility index (Phi) is 6.67. The van der Waals surface area contributed by atoms with Crippen LogP contribution in [0.5, 0.6) is 0 Å². The molecule has 1 aliphatic rings. The van der Waals surface area contributed by atoms with Crippen LogP contribution in [0.15, 0.2) is 24.3 Å². The fourth-order valence-corrected chi connectivity index (χ4v) is 4.11. The smallest absolute Gasteiger partial charge is 0.416 e. The number of aliphatic carboxylic acids is 1. The zero-order chi connectivity index (χ0) is 23.7. The second kappa shape index (κ2) is 8.96. The molecule has 32 heavy (non-hydrogen) atoms. The third kappa shape index (κ3) is 5.50. The van der Waals surface area contributed by atoms with Crippen molar-refractivity contribution in [3.05, 3.63) is 57.9 Å². The highest BCUT2D eigenvalue weighted by molar-refractivity contribution is 5.83. The Morgan fingerprint density at radius 2 is 1.69 bits per heavy atom. The van der Waals surface area contributed by atoms with Gasteiger partial charge in [-0.2, -0.15) is 13.2 Å². The lowest BCUT2D eigenvalue weighted by Gasteiger charge is -2.40. The molecule has 0 amide bonds. The van der Waals surface area contributed by atoms with E-state index in [4.69, 9.17) is 0 Å². The molecule has 0 aliphatic carbocycles. The van der Waals surface area contributed by atoms with Gasteiger partial charge in [0.2, 0.25) is 0 Å². The third-order valence-corrected chi connectivity index (χ3v) is 6.14. The van der Waals surface area contributed by atoms with Gasteiger partial charge in [-0.1, -0.05) is 38.1 Å². The summed E-state index contributed by atoms with van der Waals surface area (Å²) >= 11 is 0. The predicted octanol–water partition coefficient (Wildman–Crippen LogP) is 6.14. The van der Waals surface area contributed by atoms with Gasteiger partial charge in [-0.3, -0.25) is 9.78 Å².